The molecule has 2 heterocycles. The highest BCUT2D eigenvalue weighted by Crippen LogP contribution is 2.26. The minimum Gasteiger partial charge on any atom is -0.489 e. The Labute approximate surface area is 170 Å². The minimum atomic E-state index is -1.50. The van der Waals surface area contributed by atoms with E-state index in [0.29, 0.717) is 28.8 Å². The molecule has 0 saturated heterocycles. The molecule has 1 unspecified atom stereocenters. The lowest BCUT2D eigenvalue weighted by Gasteiger charge is -2.10. The SMILES string of the molecule is Cc1ncccc1Oc1cccc(COc2ccc(C3=CC(=O)NS3=O)cc2)c1. The third-order valence-electron chi connectivity index (χ3n) is 4.28. The monoisotopic (exact) mass is 406 g/mol. The zero-order chi connectivity index (χ0) is 20.2. The number of nitrogens with one attached hydrogen (secondary N) is 1. The van der Waals surface area contributed by atoms with Gasteiger partial charge >= 0.3 is 0 Å². The van der Waals surface area contributed by atoms with Crippen molar-refractivity contribution in [2.45, 2.75) is 13.5 Å². The molecule has 0 aliphatic carbocycles. The van der Waals surface area contributed by atoms with Gasteiger partial charge in [-0.1, -0.05) is 24.3 Å². The van der Waals surface area contributed by atoms with Gasteiger partial charge in [-0.3, -0.25) is 14.5 Å². The fourth-order valence-electron chi connectivity index (χ4n) is 2.82. The van der Waals surface area contributed by atoms with Crippen molar-refractivity contribution in [3.05, 3.63) is 89.8 Å². The Hall–Kier alpha value is -3.45. The third-order valence-corrected chi connectivity index (χ3v) is 5.42. The topological polar surface area (TPSA) is 77.5 Å². The number of pyridine rings is 1. The van der Waals surface area contributed by atoms with Gasteiger partial charge in [-0.2, -0.15) is 0 Å². The van der Waals surface area contributed by atoms with E-state index in [1.54, 1.807) is 30.5 Å². The predicted molar refractivity (Wildman–Crippen MR) is 111 cm³/mol. The first kappa shape index (κ1) is 18.9. The molecule has 3 aromatic rings. The van der Waals surface area contributed by atoms with E-state index in [-0.39, 0.29) is 5.91 Å². The molecule has 0 bridgehead atoms. The Morgan fingerprint density at radius 2 is 1.86 bits per heavy atom. The summed E-state index contributed by atoms with van der Waals surface area (Å²) in [6.45, 7) is 2.27. The number of benzene rings is 2. The Morgan fingerprint density at radius 3 is 2.59 bits per heavy atom. The molecule has 1 aliphatic rings. The summed E-state index contributed by atoms with van der Waals surface area (Å²) in [4.78, 5) is 16.0. The van der Waals surface area contributed by atoms with Crippen LogP contribution in [0, 0.1) is 6.92 Å². The van der Waals surface area contributed by atoms with Crippen LogP contribution in [0.3, 0.4) is 0 Å². The maximum absolute atomic E-state index is 11.8. The van der Waals surface area contributed by atoms with E-state index in [1.165, 1.54) is 6.08 Å². The summed E-state index contributed by atoms with van der Waals surface area (Å²) in [7, 11) is -1.50. The average molecular weight is 406 g/mol. The van der Waals surface area contributed by atoms with Gasteiger partial charge in [0.25, 0.3) is 5.91 Å². The average Bonchev–Trinajstić information content (AvgIpc) is 3.07. The van der Waals surface area contributed by atoms with Crippen LogP contribution in [0.2, 0.25) is 0 Å². The molecule has 6 nitrogen and oxygen atoms in total. The minimum absolute atomic E-state index is 0.345. The molecule has 0 fully saturated rings. The van der Waals surface area contributed by atoms with Crippen molar-refractivity contribution in [1.29, 1.82) is 0 Å². The maximum atomic E-state index is 11.8. The van der Waals surface area contributed by atoms with Gasteiger partial charge in [-0.15, -0.1) is 0 Å². The lowest BCUT2D eigenvalue weighted by atomic mass is 10.2. The quantitative estimate of drug-likeness (QED) is 0.672. The van der Waals surface area contributed by atoms with Gasteiger partial charge in [-0.05, 0) is 54.4 Å². The summed E-state index contributed by atoms with van der Waals surface area (Å²) in [5, 5.41) is 0. The first-order valence-corrected chi connectivity index (χ1v) is 10.1. The molecule has 1 aliphatic heterocycles. The molecule has 0 radical (unpaired) electrons. The second-order valence-corrected chi connectivity index (χ2v) is 7.57. The molecule has 7 heteroatoms. The van der Waals surface area contributed by atoms with Crippen molar-refractivity contribution in [2.24, 2.45) is 0 Å². The Balaban J connectivity index is 1.40. The molecule has 146 valence electrons. The number of nitrogens with zero attached hydrogens (tertiary/aromatic N) is 1. The third kappa shape index (κ3) is 4.52. The van der Waals surface area contributed by atoms with Crippen LogP contribution >= 0.6 is 0 Å². The summed E-state index contributed by atoms with van der Waals surface area (Å²) in [5.74, 6) is 1.76. The standard InChI is InChI=1S/C22H18N2O4S/c1-15-20(6-3-11-23-15)28-19-5-2-4-16(12-19)14-27-18-9-7-17(8-10-18)21-13-22(25)24-29(21)26/h2-13H,14H2,1H3,(H,24,25). The van der Waals surface area contributed by atoms with E-state index < -0.39 is 11.0 Å². The van der Waals surface area contributed by atoms with Gasteiger partial charge in [0.2, 0.25) is 0 Å². The Bertz CT molecular complexity index is 1110. The van der Waals surface area contributed by atoms with Crippen LogP contribution in [0.4, 0.5) is 0 Å². The number of carbonyl (C=O) groups is 1. The van der Waals surface area contributed by atoms with Crippen LogP contribution in [-0.4, -0.2) is 15.1 Å². The second kappa shape index (κ2) is 8.28. The highest BCUT2D eigenvalue weighted by atomic mass is 32.2. The van der Waals surface area contributed by atoms with Gasteiger partial charge < -0.3 is 9.47 Å². The van der Waals surface area contributed by atoms with Crippen molar-refractivity contribution in [1.82, 2.24) is 9.71 Å². The van der Waals surface area contributed by atoms with Crippen LogP contribution < -0.4 is 14.2 Å². The zero-order valence-corrected chi connectivity index (χ0v) is 16.4. The van der Waals surface area contributed by atoms with Gasteiger partial charge in [0, 0.05) is 12.3 Å². The van der Waals surface area contributed by atoms with Gasteiger partial charge in [0.1, 0.15) is 23.9 Å². The Morgan fingerprint density at radius 1 is 1.03 bits per heavy atom. The number of carbonyl (C=O) groups excluding carboxylic acids is 1. The number of aromatic nitrogens is 1. The number of rotatable bonds is 6. The van der Waals surface area contributed by atoms with E-state index in [0.717, 1.165) is 16.8 Å². The molecule has 4 rings (SSSR count). The first-order valence-electron chi connectivity index (χ1n) is 8.94. The van der Waals surface area contributed by atoms with Crippen molar-refractivity contribution in [3.63, 3.8) is 0 Å². The fourth-order valence-corrected chi connectivity index (χ4v) is 3.74. The van der Waals surface area contributed by atoms with Crippen molar-refractivity contribution in [2.75, 3.05) is 0 Å². The normalized spacial score (nSPS) is 15.6. The van der Waals surface area contributed by atoms with Crippen LogP contribution in [0.5, 0.6) is 17.2 Å². The van der Waals surface area contributed by atoms with Crippen LogP contribution in [-0.2, 0) is 22.4 Å². The fraction of sp³-hybridized carbons (Fsp3) is 0.0909. The van der Waals surface area contributed by atoms with Gasteiger partial charge in [-0.25, -0.2) is 4.21 Å². The largest absolute Gasteiger partial charge is 0.489 e. The maximum Gasteiger partial charge on any atom is 0.257 e. The van der Waals surface area contributed by atoms with E-state index in [4.69, 9.17) is 9.47 Å². The second-order valence-electron chi connectivity index (χ2n) is 6.39. The molecule has 0 saturated carbocycles. The predicted octanol–water partition coefficient (Wildman–Crippen LogP) is 3.90. The van der Waals surface area contributed by atoms with Crippen molar-refractivity contribution >= 4 is 21.8 Å². The summed E-state index contributed by atoms with van der Waals surface area (Å²) in [6, 6.07) is 18.5. The zero-order valence-electron chi connectivity index (χ0n) is 15.6. The Kier molecular flexibility index (Phi) is 5.39. The number of aryl methyl sites for hydroxylation is 1. The molecule has 1 atom stereocenters. The van der Waals surface area contributed by atoms with E-state index in [2.05, 4.69) is 9.71 Å². The summed E-state index contributed by atoms with van der Waals surface area (Å²) < 4.78 is 25.9. The molecular weight excluding hydrogens is 388 g/mol. The van der Waals surface area contributed by atoms with E-state index in [9.17, 15) is 9.00 Å². The van der Waals surface area contributed by atoms with E-state index >= 15 is 0 Å². The molecule has 29 heavy (non-hydrogen) atoms. The first-order chi connectivity index (χ1) is 14.1. The van der Waals surface area contributed by atoms with Crippen molar-refractivity contribution < 1.29 is 18.5 Å². The summed E-state index contributed by atoms with van der Waals surface area (Å²) in [6.07, 6.45) is 3.08. The summed E-state index contributed by atoms with van der Waals surface area (Å²) >= 11 is 0. The molecule has 0 spiro atoms. The molecule has 1 aromatic heterocycles. The van der Waals surface area contributed by atoms with E-state index in [1.807, 2.05) is 43.3 Å². The molecule has 2 aromatic carbocycles. The van der Waals surface area contributed by atoms with Gasteiger partial charge in [0.05, 0.1) is 10.6 Å². The molecule has 1 N–H and O–H groups in total. The highest BCUT2D eigenvalue weighted by molar-refractivity contribution is 7.93. The number of hydrogen-bond donors (Lipinski definition) is 1. The number of hydrogen-bond acceptors (Lipinski definition) is 5. The van der Waals surface area contributed by atoms with Crippen LogP contribution in [0.1, 0.15) is 16.8 Å². The number of ether oxygens (including phenoxy) is 2. The van der Waals surface area contributed by atoms with Gasteiger partial charge in [0.15, 0.2) is 11.0 Å². The summed E-state index contributed by atoms with van der Waals surface area (Å²) in [5.41, 5.74) is 2.50. The van der Waals surface area contributed by atoms with Crippen LogP contribution in [0.15, 0.2) is 72.9 Å². The number of amides is 1. The van der Waals surface area contributed by atoms with Crippen molar-refractivity contribution in [3.8, 4) is 17.2 Å². The lowest BCUT2D eigenvalue weighted by Crippen LogP contribution is -2.16. The lowest BCUT2D eigenvalue weighted by molar-refractivity contribution is -0.114. The van der Waals surface area contributed by atoms with Crippen LogP contribution in [0.25, 0.3) is 4.91 Å². The highest BCUT2D eigenvalue weighted by Gasteiger charge is 2.20. The molecular formula is C22H18N2O4S. The smallest absolute Gasteiger partial charge is 0.257 e. The molecule has 1 amide bonds.